The molecule has 0 bridgehead atoms. The molecule has 4 aromatic carbocycles. The van der Waals surface area contributed by atoms with E-state index in [0.717, 1.165) is 0 Å². The van der Waals surface area contributed by atoms with Crippen LogP contribution in [0.5, 0.6) is 0 Å². The highest BCUT2D eigenvalue weighted by Crippen LogP contribution is 2.61. The maximum absolute atomic E-state index is 2.48. The third kappa shape index (κ3) is 1.76. The van der Waals surface area contributed by atoms with Crippen molar-refractivity contribution in [2.45, 2.75) is 6.17 Å². The standard InChI is InChI=1S/C28H20N2/c1-3-11-21(12-4-1)30(22-13-5-2-6-14-22)25-16-9-10-20-17-18-23-24-15-7-8-19-29(24)28(30)27(23)26(20)25/h1-19,28H/q+2. The smallest absolute Gasteiger partial charge is 0.164 e. The monoisotopic (exact) mass is 384 g/mol. The summed E-state index contributed by atoms with van der Waals surface area (Å²) in [5.74, 6) is 0. The minimum Gasteiger partial charge on any atom is -0.164 e. The molecule has 0 radical (unpaired) electrons. The lowest BCUT2D eigenvalue weighted by molar-refractivity contribution is -0.710. The van der Waals surface area contributed by atoms with Crippen LogP contribution in [0, 0.1) is 0 Å². The Balaban J connectivity index is 1.73. The Morgan fingerprint density at radius 2 is 1.30 bits per heavy atom. The Morgan fingerprint density at radius 1 is 0.600 bits per heavy atom. The van der Waals surface area contributed by atoms with Gasteiger partial charge >= 0.3 is 6.17 Å². The van der Waals surface area contributed by atoms with Gasteiger partial charge in [-0.25, -0.2) is 0 Å². The van der Waals surface area contributed by atoms with Crippen molar-refractivity contribution in [1.29, 1.82) is 0 Å². The first-order chi connectivity index (χ1) is 14.9. The quantitative estimate of drug-likeness (QED) is 0.237. The molecule has 0 saturated carbocycles. The highest BCUT2D eigenvalue weighted by Gasteiger charge is 2.61. The van der Waals surface area contributed by atoms with Crippen LogP contribution in [0.2, 0.25) is 0 Å². The second-order valence-corrected chi connectivity index (χ2v) is 8.16. The molecule has 5 aromatic rings. The van der Waals surface area contributed by atoms with E-state index in [9.17, 15) is 0 Å². The number of quaternary nitrogens is 1. The number of nitrogens with zero attached hydrogens (tertiary/aromatic N) is 2. The summed E-state index contributed by atoms with van der Waals surface area (Å²) < 4.78 is 3.15. The van der Waals surface area contributed by atoms with Gasteiger partial charge in [0.25, 0.3) is 0 Å². The van der Waals surface area contributed by atoms with Gasteiger partial charge in [0.2, 0.25) is 5.69 Å². The van der Waals surface area contributed by atoms with Gasteiger partial charge in [0.15, 0.2) is 11.9 Å². The molecule has 2 aliphatic rings. The van der Waals surface area contributed by atoms with Crippen molar-refractivity contribution in [2.24, 2.45) is 0 Å². The molecule has 7 rings (SSSR count). The fourth-order valence-corrected chi connectivity index (χ4v) is 5.76. The zero-order chi connectivity index (χ0) is 19.7. The first kappa shape index (κ1) is 16.1. The van der Waals surface area contributed by atoms with E-state index in [2.05, 4.69) is 120 Å². The van der Waals surface area contributed by atoms with Crippen LogP contribution in [0.4, 0.5) is 17.1 Å². The molecule has 0 saturated heterocycles. The molecule has 0 aliphatic carbocycles. The summed E-state index contributed by atoms with van der Waals surface area (Å²) in [6.07, 6.45) is 2.39. The molecule has 2 nitrogen and oxygen atoms in total. The topological polar surface area (TPSA) is 3.88 Å². The van der Waals surface area contributed by atoms with Gasteiger partial charge in [0, 0.05) is 42.5 Å². The molecule has 2 aliphatic heterocycles. The number of fused-ring (bicyclic) bond motifs is 3. The molecule has 2 heteroatoms. The van der Waals surface area contributed by atoms with Crippen molar-refractivity contribution in [3.8, 4) is 11.3 Å². The van der Waals surface area contributed by atoms with E-state index in [1.807, 2.05) is 0 Å². The summed E-state index contributed by atoms with van der Waals surface area (Å²) in [7, 11) is 0. The van der Waals surface area contributed by atoms with Crippen LogP contribution in [-0.2, 0) is 0 Å². The summed E-state index contributed by atoms with van der Waals surface area (Å²) in [5.41, 5.74) is 8.02. The van der Waals surface area contributed by atoms with Crippen LogP contribution in [0.15, 0.2) is 115 Å². The minimum atomic E-state index is 0.141. The van der Waals surface area contributed by atoms with Gasteiger partial charge in [0.1, 0.15) is 16.9 Å². The normalized spacial score (nSPS) is 17.3. The van der Waals surface area contributed by atoms with Crippen molar-refractivity contribution < 1.29 is 4.57 Å². The van der Waals surface area contributed by atoms with Gasteiger partial charge in [-0.1, -0.05) is 54.6 Å². The highest BCUT2D eigenvalue weighted by atomic mass is 15.5. The van der Waals surface area contributed by atoms with Gasteiger partial charge < -0.3 is 0 Å². The molecule has 0 fully saturated rings. The van der Waals surface area contributed by atoms with Crippen molar-refractivity contribution in [1.82, 2.24) is 4.48 Å². The maximum atomic E-state index is 2.48. The lowest BCUT2D eigenvalue weighted by Crippen LogP contribution is -2.54. The van der Waals surface area contributed by atoms with Gasteiger partial charge in [0.05, 0.1) is 10.9 Å². The van der Waals surface area contributed by atoms with E-state index in [4.69, 9.17) is 0 Å². The van der Waals surface area contributed by atoms with E-state index in [1.165, 1.54) is 44.7 Å². The largest absolute Gasteiger partial charge is 0.327 e. The fraction of sp³-hybridized carbons (Fsp3) is 0.0357. The molecule has 1 aromatic heterocycles. The second kappa shape index (κ2) is 5.65. The van der Waals surface area contributed by atoms with Crippen LogP contribution in [0.1, 0.15) is 11.7 Å². The Kier molecular flexibility index (Phi) is 3.03. The van der Waals surface area contributed by atoms with Gasteiger partial charge in [-0.3, -0.25) is 0 Å². The summed E-state index contributed by atoms with van der Waals surface area (Å²) in [6, 6.07) is 39.9. The number of hydrogen-bond acceptors (Lipinski definition) is 0. The van der Waals surface area contributed by atoms with E-state index >= 15 is 0 Å². The first-order valence-corrected chi connectivity index (χ1v) is 10.5. The van der Waals surface area contributed by atoms with Crippen LogP contribution in [0.3, 0.4) is 0 Å². The first-order valence-electron chi connectivity index (χ1n) is 10.5. The zero-order valence-electron chi connectivity index (χ0n) is 16.4. The molecule has 1 atom stereocenters. The summed E-state index contributed by atoms with van der Waals surface area (Å²) >= 11 is 0. The Hall–Kier alpha value is -3.75. The van der Waals surface area contributed by atoms with Crippen LogP contribution >= 0.6 is 0 Å². The number of para-hydroxylation sites is 2. The molecular formula is C28H20N2+2. The predicted octanol–water partition coefficient (Wildman–Crippen LogP) is 6.64. The van der Waals surface area contributed by atoms with Crippen LogP contribution in [0.25, 0.3) is 22.0 Å². The number of pyridine rings is 1. The number of benzene rings is 4. The van der Waals surface area contributed by atoms with E-state index in [1.54, 1.807) is 0 Å². The van der Waals surface area contributed by atoms with Crippen molar-refractivity contribution in [2.75, 3.05) is 0 Å². The van der Waals surface area contributed by atoms with E-state index in [0.29, 0.717) is 4.48 Å². The van der Waals surface area contributed by atoms with Crippen molar-refractivity contribution in [3.05, 3.63) is 121 Å². The van der Waals surface area contributed by atoms with Crippen molar-refractivity contribution >= 4 is 27.8 Å². The molecule has 140 valence electrons. The van der Waals surface area contributed by atoms with Crippen LogP contribution in [-0.4, -0.2) is 0 Å². The lowest BCUT2D eigenvalue weighted by atomic mass is 9.99. The summed E-state index contributed by atoms with van der Waals surface area (Å²) in [6.45, 7) is 0. The Bertz CT molecular complexity index is 1400. The molecule has 30 heavy (non-hydrogen) atoms. The van der Waals surface area contributed by atoms with Crippen LogP contribution < -0.4 is 9.05 Å². The van der Waals surface area contributed by atoms with Crippen molar-refractivity contribution in [3.63, 3.8) is 0 Å². The zero-order valence-corrected chi connectivity index (χ0v) is 16.4. The summed E-state index contributed by atoms with van der Waals surface area (Å²) in [4.78, 5) is 0. The predicted molar refractivity (Wildman–Crippen MR) is 122 cm³/mol. The third-order valence-corrected chi connectivity index (χ3v) is 6.83. The molecular weight excluding hydrogens is 364 g/mol. The molecule has 0 N–H and O–H groups in total. The van der Waals surface area contributed by atoms with Gasteiger partial charge in [-0.15, -0.1) is 4.57 Å². The average molecular weight is 384 g/mol. The number of rotatable bonds is 2. The van der Waals surface area contributed by atoms with Gasteiger partial charge in [-0.05, 0) is 17.5 Å². The van der Waals surface area contributed by atoms with Gasteiger partial charge in [-0.2, -0.15) is 4.48 Å². The third-order valence-electron chi connectivity index (χ3n) is 6.83. The molecule has 3 heterocycles. The second-order valence-electron chi connectivity index (χ2n) is 8.16. The number of aromatic nitrogens is 1. The fourth-order valence-electron chi connectivity index (χ4n) is 5.76. The van der Waals surface area contributed by atoms with E-state index in [-0.39, 0.29) is 6.17 Å². The number of hydrogen-bond donors (Lipinski definition) is 0. The molecule has 0 amide bonds. The Labute approximate surface area is 175 Å². The minimum absolute atomic E-state index is 0.141. The average Bonchev–Trinajstić information content (AvgIpc) is 3.32. The molecule has 0 spiro atoms. The highest BCUT2D eigenvalue weighted by molar-refractivity contribution is 6.06. The maximum Gasteiger partial charge on any atom is 0.327 e. The van der Waals surface area contributed by atoms with E-state index < -0.39 is 0 Å². The Morgan fingerprint density at radius 3 is 2.03 bits per heavy atom. The summed E-state index contributed by atoms with van der Waals surface area (Å²) in [5, 5.41) is 2.72. The lowest BCUT2D eigenvalue weighted by Gasteiger charge is -2.35. The molecule has 1 unspecified atom stereocenters. The SMILES string of the molecule is c1ccc([N+]2(c3ccccc3)c3cccc4ccc5c(c34)C2[n+]2ccccc2-5)cc1.